The minimum absolute atomic E-state index is 0.637. The lowest BCUT2D eigenvalue weighted by molar-refractivity contribution is 0.267. The van der Waals surface area contributed by atoms with E-state index in [0.29, 0.717) is 13.2 Å². The van der Waals surface area contributed by atoms with Gasteiger partial charge in [-0.2, -0.15) is 10.2 Å². The topological polar surface area (TPSA) is 75.8 Å². The molecule has 0 atom stereocenters. The minimum Gasteiger partial charge on any atom is -0.493 e. The van der Waals surface area contributed by atoms with Crippen molar-refractivity contribution in [2.75, 3.05) is 13.2 Å². The molecule has 2 N–H and O–H groups in total. The van der Waals surface area contributed by atoms with Gasteiger partial charge in [0, 0.05) is 33.6 Å². The first-order valence-corrected chi connectivity index (χ1v) is 11.0. The van der Waals surface area contributed by atoms with Gasteiger partial charge in [-0.15, -0.1) is 0 Å². The summed E-state index contributed by atoms with van der Waals surface area (Å²) in [5, 5.41) is 14.7. The number of ether oxygens (including phenoxy) is 2. The molecule has 0 saturated heterocycles. The van der Waals surface area contributed by atoms with E-state index < -0.39 is 0 Å². The van der Waals surface area contributed by atoms with Gasteiger partial charge < -0.3 is 9.47 Å². The van der Waals surface area contributed by atoms with Gasteiger partial charge in [0.2, 0.25) is 0 Å². The van der Waals surface area contributed by atoms with Gasteiger partial charge in [0.1, 0.15) is 11.5 Å². The van der Waals surface area contributed by atoms with Crippen LogP contribution in [0.1, 0.15) is 35.6 Å². The normalized spacial score (nSPS) is 11.0. The van der Waals surface area contributed by atoms with Crippen LogP contribution in [0.25, 0.3) is 22.3 Å². The van der Waals surface area contributed by atoms with Gasteiger partial charge in [0.25, 0.3) is 0 Å². The molecule has 0 aliphatic heterocycles. The molecule has 0 bridgehead atoms. The lowest BCUT2D eigenvalue weighted by Crippen LogP contribution is -2.04. The third-order valence-corrected chi connectivity index (χ3v) is 5.62. The Labute approximate surface area is 189 Å². The van der Waals surface area contributed by atoms with Crippen molar-refractivity contribution >= 4 is 0 Å². The van der Waals surface area contributed by atoms with E-state index in [0.717, 1.165) is 69.4 Å². The smallest absolute Gasteiger partial charge is 0.127 e. The van der Waals surface area contributed by atoms with Gasteiger partial charge in [-0.1, -0.05) is 36.4 Å². The van der Waals surface area contributed by atoms with Gasteiger partial charge in [0.05, 0.1) is 24.6 Å². The number of H-pyrrole nitrogens is 2. The maximum absolute atomic E-state index is 6.13. The fourth-order valence-corrected chi connectivity index (χ4v) is 4.06. The number of aromatic nitrogens is 4. The van der Waals surface area contributed by atoms with Crippen molar-refractivity contribution in [1.29, 1.82) is 0 Å². The fourth-order valence-electron chi connectivity index (χ4n) is 4.06. The van der Waals surface area contributed by atoms with Gasteiger partial charge in [-0.25, -0.2) is 0 Å². The highest BCUT2D eigenvalue weighted by atomic mass is 16.5. The molecular formula is C26H30N4O2. The molecule has 0 unspecified atom stereocenters. The second kappa shape index (κ2) is 9.73. The summed E-state index contributed by atoms with van der Waals surface area (Å²) in [6, 6.07) is 16.3. The maximum atomic E-state index is 6.13. The number of hydrogen-bond donors (Lipinski definition) is 2. The Balaban J connectivity index is 1.32. The lowest BCUT2D eigenvalue weighted by atomic mass is 10.0. The van der Waals surface area contributed by atoms with Crippen molar-refractivity contribution in [3.63, 3.8) is 0 Å². The summed E-state index contributed by atoms with van der Waals surface area (Å²) in [5.41, 5.74) is 8.44. The zero-order valence-electron chi connectivity index (χ0n) is 19.2. The third kappa shape index (κ3) is 4.54. The number of nitrogens with one attached hydrogen (secondary N) is 2. The molecule has 6 nitrogen and oxygen atoms in total. The molecule has 0 spiro atoms. The second-order valence-electron chi connectivity index (χ2n) is 8.01. The number of benzene rings is 2. The molecule has 0 aliphatic rings. The highest BCUT2D eigenvalue weighted by Crippen LogP contribution is 2.34. The number of nitrogens with zero attached hydrogens (tertiary/aromatic N) is 2. The standard InChI is InChI=1S/C26H30N4O2/c1-17-25(18(2)28-27-17)21-11-5-7-13-23(21)31-15-9-10-16-32-24-14-8-6-12-22(24)26-19(3)29-30-20(26)4/h5-8,11-14H,9-10,15-16H2,1-4H3,(H,27,28)(H,29,30). The number of hydrogen-bond acceptors (Lipinski definition) is 4. The van der Waals surface area contributed by atoms with Crippen LogP contribution in [0.2, 0.25) is 0 Å². The molecule has 32 heavy (non-hydrogen) atoms. The van der Waals surface area contributed by atoms with E-state index in [1.54, 1.807) is 0 Å². The van der Waals surface area contributed by atoms with Crippen LogP contribution in [-0.4, -0.2) is 33.6 Å². The highest BCUT2D eigenvalue weighted by Gasteiger charge is 2.15. The summed E-state index contributed by atoms with van der Waals surface area (Å²) in [7, 11) is 0. The maximum Gasteiger partial charge on any atom is 0.127 e. The lowest BCUT2D eigenvalue weighted by Gasteiger charge is -2.13. The molecule has 4 aromatic rings. The Bertz CT molecular complexity index is 1060. The summed E-state index contributed by atoms with van der Waals surface area (Å²) in [6.45, 7) is 9.37. The molecule has 2 aromatic heterocycles. The van der Waals surface area contributed by atoms with Crippen LogP contribution in [0.3, 0.4) is 0 Å². The van der Waals surface area contributed by atoms with Crippen molar-refractivity contribution in [3.8, 4) is 33.8 Å². The van der Waals surface area contributed by atoms with Crippen LogP contribution >= 0.6 is 0 Å². The minimum atomic E-state index is 0.637. The molecule has 2 heterocycles. The average molecular weight is 431 g/mol. The summed E-state index contributed by atoms with van der Waals surface area (Å²) in [5.74, 6) is 1.77. The van der Waals surface area contributed by atoms with E-state index in [4.69, 9.17) is 9.47 Å². The monoisotopic (exact) mass is 430 g/mol. The van der Waals surface area contributed by atoms with E-state index in [1.165, 1.54) is 0 Å². The molecule has 2 aromatic carbocycles. The zero-order chi connectivity index (χ0) is 22.5. The van der Waals surface area contributed by atoms with Crippen molar-refractivity contribution in [2.24, 2.45) is 0 Å². The van der Waals surface area contributed by atoms with Crippen LogP contribution in [0.4, 0.5) is 0 Å². The van der Waals surface area contributed by atoms with Crippen molar-refractivity contribution in [2.45, 2.75) is 40.5 Å². The molecule has 166 valence electrons. The Morgan fingerprint density at radius 1 is 0.625 bits per heavy atom. The first-order valence-electron chi connectivity index (χ1n) is 11.0. The largest absolute Gasteiger partial charge is 0.493 e. The van der Waals surface area contributed by atoms with Crippen molar-refractivity contribution < 1.29 is 9.47 Å². The van der Waals surface area contributed by atoms with Crippen molar-refractivity contribution in [1.82, 2.24) is 20.4 Å². The Morgan fingerprint density at radius 3 is 1.41 bits per heavy atom. The van der Waals surface area contributed by atoms with Crippen LogP contribution < -0.4 is 9.47 Å². The van der Waals surface area contributed by atoms with E-state index in [-0.39, 0.29) is 0 Å². The summed E-state index contributed by atoms with van der Waals surface area (Å²) >= 11 is 0. The predicted octanol–water partition coefficient (Wildman–Crippen LogP) is 5.94. The van der Waals surface area contributed by atoms with Gasteiger partial charge >= 0.3 is 0 Å². The fraction of sp³-hybridized carbons (Fsp3) is 0.308. The SMILES string of the molecule is Cc1n[nH]c(C)c1-c1ccccc1OCCCCOc1ccccc1-c1c(C)n[nH]c1C. The summed E-state index contributed by atoms with van der Waals surface area (Å²) in [6.07, 6.45) is 1.81. The van der Waals surface area contributed by atoms with Crippen LogP contribution in [0.15, 0.2) is 48.5 Å². The molecule has 4 rings (SSSR count). The molecule has 0 aliphatic carbocycles. The molecular weight excluding hydrogens is 400 g/mol. The first-order chi connectivity index (χ1) is 15.6. The first kappa shape index (κ1) is 21.7. The predicted molar refractivity (Wildman–Crippen MR) is 127 cm³/mol. The molecule has 0 fully saturated rings. The quantitative estimate of drug-likeness (QED) is 0.322. The third-order valence-electron chi connectivity index (χ3n) is 5.62. The number of unbranched alkanes of at least 4 members (excludes halogenated alkanes) is 1. The van der Waals surface area contributed by atoms with Crippen molar-refractivity contribution in [3.05, 3.63) is 71.3 Å². The van der Waals surface area contributed by atoms with Crippen LogP contribution in [0, 0.1) is 27.7 Å². The Hall–Kier alpha value is -3.54. The van der Waals surface area contributed by atoms with E-state index in [1.807, 2.05) is 64.1 Å². The molecule has 0 radical (unpaired) electrons. The number of aromatic amines is 2. The summed E-state index contributed by atoms with van der Waals surface area (Å²) < 4.78 is 12.3. The van der Waals surface area contributed by atoms with E-state index in [9.17, 15) is 0 Å². The van der Waals surface area contributed by atoms with E-state index >= 15 is 0 Å². The number of rotatable bonds is 9. The highest BCUT2D eigenvalue weighted by molar-refractivity contribution is 5.75. The number of aryl methyl sites for hydroxylation is 4. The van der Waals surface area contributed by atoms with Gasteiger partial charge in [0.15, 0.2) is 0 Å². The van der Waals surface area contributed by atoms with Gasteiger partial charge in [-0.05, 0) is 52.7 Å². The second-order valence-corrected chi connectivity index (χ2v) is 8.01. The van der Waals surface area contributed by atoms with Gasteiger partial charge in [-0.3, -0.25) is 10.2 Å². The molecule has 6 heteroatoms. The average Bonchev–Trinajstić information content (AvgIpc) is 3.31. The van der Waals surface area contributed by atoms with E-state index in [2.05, 4.69) is 32.5 Å². The van der Waals surface area contributed by atoms with Crippen LogP contribution in [0.5, 0.6) is 11.5 Å². The Kier molecular flexibility index (Phi) is 6.59. The number of para-hydroxylation sites is 2. The van der Waals surface area contributed by atoms with Crippen LogP contribution in [-0.2, 0) is 0 Å². The molecule has 0 saturated carbocycles. The Morgan fingerprint density at radius 2 is 1.03 bits per heavy atom. The zero-order valence-corrected chi connectivity index (χ0v) is 19.2. The summed E-state index contributed by atoms with van der Waals surface area (Å²) in [4.78, 5) is 0. The molecule has 0 amide bonds.